The molecule has 2 aromatic rings. The molecule has 1 saturated heterocycles. The van der Waals surface area contributed by atoms with Crippen molar-refractivity contribution in [2.24, 2.45) is 0 Å². The van der Waals surface area contributed by atoms with Crippen LogP contribution in [0, 0.1) is 10.1 Å². The summed E-state index contributed by atoms with van der Waals surface area (Å²) in [7, 11) is 2.00. The third kappa shape index (κ3) is 3.16. The van der Waals surface area contributed by atoms with Crippen molar-refractivity contribution in [3.05, 3.63) is 69.3 Å². The summed E-state index contributed by atoms with van der Waals surface area (Å²) in [6.07, 6.45) is 3.94. The predicted octanol–water partition coefficient (Wildman–Crippen LogP) is 3.95. The molecule has 1 atom stereocenters. The molecule has 1 unspecified atom stereocenters. The van der Waals surface area contributed by atoms with Gasteiger partial charge in [0, 0.05) is 31.9 Å². The SMILES string of the molecule is CN(c1ccc([N+](=O)[O-])c(C(=O)N2CCCC2)c1)C1CCc2ccccc21. The van der Waals surface area contributed by atoms with Crippen LogP contribution in [0.1, 0.15) is 46.8 Å². The molecule has 2 aromatic carbocycles. The van der Waals surface area contributed by atoms with Gasteiger partial charge in [-0.15, -0.1) is 0 Å². The van der Waals surface area contributed by atoms with Gasteiger partial charge >= 0.3 is 0 Å². The van der Waals surface area contributed by atoms with Crippen LogP contribution in [-0.4, -0.2) is 35.9 Å². The summed E-state index contributed by atoms with van der Waals surface area (Å²) in [5.41, 5.74) is 3.56. The molecule has 2 aliphatic rings. The van der Waals surface area contributed by atoms with Crippen LogP contribution in [-0.2, 0) is 6.42 Å². The van der Waals surface area contributed by atoms with E-state index in [-0.39, 0.29) is 23.2 Å². The summed E-state index contributed by atoms with van der Waals surface area (Å²) in [5, 5.41) is 11.5. The van der Waals surface area contributed by atoms with E-state index < -0.39 is 4.92 Å². The number of anilines is 1. The van der Waals surface area contributed by atoms with Gasteiger partial charge in [0.05, 0.1) is 11.0 Å². The maximum atomic E-state index is 12.9. The van der Waals surface area contributed by atoms with Gasteiger partial charge < -0.3 is 9.80 Å². The van der Waals surface area contributed by atoms with E-state index in [1.165, 1.54) is 17.2 Å². The lowest BCUT2D eigenvalue weighted by molar-refractivity contribution is -0.385. The second-order valence-electron chi connectivity index (χ2n) is 7.32. The Morgan fingerprint density at radius 1 is 1.19 bits per heavy atom. The molecule has 0 radical (unpaired) electrons. The van der Waals surface area contributed by atoms with E-state index in [9.17, 15) is 14.9 Å². The lowest BCUT2D eigenvalue weighted by atomic mass is 10.1. The predicted molar refractivity (Wildman–Crippen MR) is 104 cm³/mol. The summed E-state index contributed by atoms with van der Waals surface area (Å²) < 4.78 is 0. The molecule has 0 spiro atoms. The topological polar surface area (TPSA) is 66.7 Å². The number of hydrogen-bond acceptors (Lipinski definition) is 4. The number of benzene rings is 2. The van der Waals surface area contributed by atoms with Gasteiger partial charge in [-0.1, -0.05) is 24.3 Å². The van der Waals surface area contributed by atoms with Crippen LogP contribution in [0.5, 0.6) is 0 Å². The first kappa shape index (κ1) is 17.5. The van der Waals surface area contributed by atoms with E-state index in [1.54, 1.807) is 17.0 Å². The molecule has 0 bridgehead atoms. The third-order valence-corrected chi connectivity index (χ3v) is 5.78. The van der Waals surface area contributed by atoms with Crippen molar-refractivity contribution in [3.8, 4) is 0 Å². The molecule has 1 amide bonds. The minimum Gasteiger partial charge on any atom is -0.368 e. The fraction of sp³-hybridized carbons (Fsp3) is 0.381. The van der Waals surface area contributed by atoms with Crippen LogP contribution < -0.4 is 4.90 Å². The molecular formula is C21H23N3O3. The number of fused-ring (bicyclic) bond motifs is 1. The average molecular weight is 365 g/mol. The van der Waals surface area contributed by atoms with E-state index in [1.807, 2.05) is 13.1 Å². The molecule has 1 heterocycles. The Kier molecular flexibility index (Phi) is 4.56. The van der Waals surface area contributed by atoms with Crippen LogP contribution in [0.25, 0.3) is 0 Å². The Labute approximate surface area is 158 Å². The normalized spacial score (nSPS) is 18.4. The molecule has 27 heavy (non-hydrogen) atoms. The number of hydrogen-bond donors (Lipinski definition) is 0. The van der Waals surface area contributed by atoms with Crippen LogP contribution in [0.3, 0.4) is 0 Å². The lowest BCUT2D eigenvalue weighted by Crippen LogP contribution is -2.29. The second-order valence-corrected chi connectivity index (χ2v) is 7.32. The maximum absolute atomic E-state index is 12.9. The van der Waals surface area contributed by atoms with E-state index in [0.29, 0.717) is 13.1 Å². The van der Waals surface area contributed by atoms with Gasteiger partial charge in [0.25, 0.3) is 11.6 Å². The summed E-state index contributed by atoms with van der Waals surface area (Å²) in [6, 6.07) is 13.5. The van der Waals surface area contributed by atoms with Gasteiger partial charge in [0.2, 0.25) is 0 Å². The number of aryl methyl sites for hydroxylation is 1. The van der Waals surface area contributed by atoms with Gasteiger partial charge in [0.1, 0.15) is 5.56 Å². The van der Waals surface area contributed by atoms with Crippen molar-refractivity contribution < 1.29 is 9.72 Å². The van der Waals surface area contributed by atoms with Gasteiger partial charge in [-0.3, -0.25) is 14.9 Å². The van der Waals surface area contributed by atoms with Crippen molar-refractivity contribution in [1.82, 2.24) is 4.90 Å². The van der Waals surface area contributed by atoms with Crippen molar-refractivity contribution in [1.29, 1.82) is 0 Å². The standard InChI is InChI=1S/C21H23N3O3/c1-22(19-10-8-15-6-2-3-7-17(15)19)16-9-11-20(24(26)27)18(14-16)21(25)23-12-4-5-13-23/h2-3,6-7,9,11,14,19H,4-5,8,10,12-13H2,1H3. The quantitative estimate of drug-likeness (QED) is 0.608. The van der Waals surface area contributed by atoms with E-state index >= 15 is 0 Å². The van der Waals surface area contributed by atoms with Crippen molar-refractivity contribution in [2.45, 2.75) is 31.7 Å². The molecule has 0 N–H and O–H groups in total. The van der Waals surface area contributed by atoms with Crippen LogP contribution in [0.15, 0.2) is 42.5 Å². The zero-order valence-electron chi connectivity index (χ0n) is 15.4. The number of nitrogens with zero attached hydrogens (tertiary/aromatic N) is 3. The fourth-order valence-corrected chi connectivity index (χ4v) is 4.28. The van der Waals surface area contributed by atoms with Gasteiger partial charge in [-0.2, -0.15) is 0 Å². The van der Waals surface area contributed by atoms with Crippen LogP contribution >= 0.6 is 0 Å². The third-order valence-electron chi connectivity index (χ3n) is 5.78. The smallest absolute Gasteiger partial charge is 0.282 e. The maximum Gasteiger partial charge on any atom is 0.282 e. The molecular weight excluding hydrogens is 342 g/mol. The summed E-state index contributed by atoms with van der Waals surface area (Å²) >= 11 is 0. The molecule has 1 aliphatic carbocycles. The Balaban J connectivity index is 1.68. The fourth-order valence-electron chi connectivity index (χ4n) is 4.28. The summed E-state index contributed by atoms with van der Waals surface area (Å²) in [6.45, 7) is 1.35. The first-order chi connectivity index (χ1) is 13.1. The highest BCUT2D eigenvalue weighted by molar-refractivity contribution is 5.99. The van der Waals surface area contributed by atoms with E-state index in [2.05, 4.69) is 23.1 Å². The minimum absolute atomic E-state index is 0.115. The number of likely N-dealkylation sites (tertiary alicyclic amines) is 1. The molecule has 0 aromatic heterocycles. The average Bonchev–Trinajstić information content (AvgIpc) is 3.36. The molecule has 4 rings (SSSR count). The van der Waals surface area contributed by atoms with Crippen LogP contribution in [0.4, 0.5) is 11.4 Å². The number of carbonyl (C=O) groups excluding carboxylic acids is 1. The number of amides is 1. The Morgan fingerprint density at radius 3 is 2.67 bits per heavy atom. The molecule has 0 saturated carbocycles. The van der Waals surface area contributed by atoms with E-state index in [4.69, 9.17) is 0 Å². The number of carbonyl (C=O) groups is 1. The Morgan fingerprint density at radius 2 is 1.93 bits per heavy atom. The molecule has 1 fully saturated rings. The largest absolute Gasteiger partial charge is 0.368 e. The first-order valence-electron chi connectivity index (χ1n) is 9.44. The molecule has 140 valence electrons. The minimum atomic E-state index is -0.460. The summed E-state index contributed by atoms with van der Waals surface area (Å²) in [5.74, 6) is -0.235. The second kappa shape index (κ2) is 7.02. The monoisotopic (exact) mass is 365 g/mol. The molecule has 6 nitrogen and oxygen atoms in total. The highest BCUT2D eigenvalue weighted by atomic mass is 16.6. The van der Waals surface area contributed by atoms with Crippen molar-refractivity contribution in [2.75, 3.05) is 25.0 Å². The van der Waals surface area contributed by atoms with Gasteiger partial charge in [0.15, 0.2) is 0 Å². The van der Waals surface area contributed by atoms with Crippen molar-refractivity contribution in [3.63, 3.8) is 0 Å². The van der Waals surface area contributed by atoms with E-state index in [0.717, 1.165) is 31.4 Å². The number of rotatable bonds is 4. The summed E-state index contributed by atoms with van der Waals surface area (Å²) in [4.78, 5) is 27.7. The van der Waals surface area contributed by atoms with Gasteiger partial charge in [-0.25, -0.2) is 0 Å². The van der Waals surface area contributed by atoms with Gasteiger partial charge in [-0.05, 0) is 48.9 Å². The molecule has 6 heteroatoms. The Bertz CT molecular complexity index is 890. The lowest BCUT2D eigenvalue weighted by Gasteiger charge is -2.28. The zero-order valence-corrected chi connectivity index (χ0v) is 15.4. The zero-order chi connectivity index (χ0) is 19.0. The number of nitro benzene ring substituents is 1. The number of nitro groups is 1. The highest BCUT2D eigenvalue weighted by Crippen LogP contribution is 2.38. The Hall–Kier alpha value is -2.89. The van der Waals surface area contributed by atoms with Crippen molar-refractivity contribution >= 4 is 17.3 Å². The van der Waals surface area contributed by atoms with Crippen LogP contribution in [0.2, 0.25) is 0 Å². The molecule has 1 aliphatic heterocycles. The highest BCUT2D eigenvalue weighted by Gasteiger charge is 2.30. The first-order valence-corrected chi connectivity index (χ1v) is 9.44.